The third kappa shape index (κ3) is 5.03. The first-order chi connectivity index (χ1) is 15.3. The van der Waals surface area contributed by atoms with Crippen LogP contribution in [0.15, 0.2) is 47.4 Å². The van der Waals surface area contributed by atoms with E-state index in [-0.39, 0.29) is 16.6 Å². The maximum absolute atomic E-state index is 13.4. The zero-order valence-corrected chi connectivity index (χ0v) is 19.1. The normalized spacial score (nSPS) is 18.6. The molecule has 0 N–H and O–H groups in total. The first-order valence-corrected chi connectivity index (χ1v) is 12.5. The second kappa shape index (κ2) is 9.68. The number of hydrogen-bond donors (Lipinski definition) is 0. The molecular weight excluding hydrogens is 431 g/mol. The Morgan fingerprint density at radius 3 is 2.47 bits per heavy atom. The minimum absolute atomic E-state index is 0.146. The van der Waals surface area contributed by atoms with E-state index in [1.165, 1.54) is 16.4 Å². The van der Waals surface area contributed by atoms with Crippen molar-refractivity contribution in [2.24, 2.45) is 5.92 Å². The third-order valence-corrected chi connectivity index (χ3v) is 8.38. The molecule has 2 aromatic rings. The van der Waals surface area contributed by atoms with E-state index in [2.05, 4.69) is 0 Å². The lowest BCUT2D eigenvalue weighted by Crippen LogP contribution is -2.41. The van der Waals surface area contributed by atoms with Crippen LogP contribution in [-0.2, 0) is 21.2 Å². The molecule has 0 bridgehead atoms. The molecule has 0 unspecified atom stereocenters. The average Bonchev–Trinajstić information content (AvgIpc) is 2.80. The van der Waals surface area contributed by atoms with Gasteiger partial charge in [0.25, 0.3) is 5.91 Å². The number of amides is 1. The lowest BCUT2D eigenvalue weighted by Gasteiger charge is -2.32. The summed E-state index contributed by atoms with van der Waals surface area (Å²) in [5.74, 6) is 0.0288. The van der Waals surface area contributed by atoms with E-state index in [9.17, 15) is 17.6 Å². The Hall–Kier alpha value is -2.29. The fraction of sp³-hybridized carbons (Fsp3) is 0.458. The van der Waals surface area contributed by atoms with E-state index in [0.29, 0.717) is 56.4 Å². The topological polar surface area (TPSA) is 66.9 Å². The summed E-state index contributed by atoms with van der Waals surface area (Å²) in [5.41, 5.74) is 2.00. The van der Waals surface area contributed by atoms with Crippen molar-refractivity contribution in [2.75, 3.05) is 39.4 Å². The number of benzene rings is 2. The Balaban J connectivity index is 1.43. The van der Waals surface area contributed by atoms with E-state index in [0.717, 1.165) is 24.8 Å². The molecule has 2 fully saturated rings. The van der Waals surface area contributed by atoms with Crippen LogP contribution in [0.2, 0.25) is 0 Å². The highest BCUT2D eigenvalue weighted by atomic mass is 32.2. The molecule has 0 aromatic heterocycles. The van der Waals surface area contributed by atoms with Gasteiger partial charge in [-0.2, -0.15) is 4.31 Å². The molecule has 0 saturated carbocycles. The minimum atomic E-state index is -3.67. The first kappa shape index (κ1) is 22.9. The van der Waals surface area contributed by atoms with Gasteiger partial charge in [0.2, 0.25) is 10.0 Å². The molecule has 2 heterocycles. The molecule has 0 aliphatic carbocycles. The van der Waals surface area contributed by atoms with Gasteiger partial charge >= 0.3 is 0 Å². The monoisotopic (exact) mass is 460 g/mol. The second-order valence-corrected chi connectivity index (χ2v) is 10.5. The van der Waals surface area contributed by atoms with Crippen molar-refractivity contribution >= 4 is 15.9 Å². The molecule has 0 radical (unpaired) electrons. The lowest BCUT2D eigenvalue weighted by molar-refractivity contribution is 0.0689. The summed E-state index contributed by atoms with van der Waals surface area (Å²) in [5, 5.41) is 0. The molecule has 172 valence electrons. The van der Waals surface area contributed by atoms with Crippen LogP contribution in [0.3, 0.4) is 0 Å². The van der Waals surface area contributed by atoms with Gasteiger partial charge in [0.05, 0.1) is 18.1 Å². The number of morpholine rings is 1. The van der Waals surface area contributed by atoms with Crippen molar-refractivity contribution in [1.29, 1.82) is 0 Å². The van der Waals surface area contributed by atoms with Gasteiger partial charge in [-0.3, -0.25) is 4.79 Å². The largest absolute Gasteiger partial charge is 0.379 e. The summed E-state index contributed by atoms with van der Waals surface area (Å²) < 4.78 is 46.4. The van der Waals surface area contributed by atoms with Gasteiger partial charge in [0.15, 0.2) is 0 Å². The predicted molar refractivity (Wildman–Crippen MR) is 119 cm³/mol. The number of sulfonamides is 1. The van der Waals surface area contributed by atoms with Crippen LogP contribution in [0.25, 0.3) is 0 Å². The van der Waals surface area contributed by atoms with Gasteiger partial charge in [-0.15, -0.1) is 0 Å². The Labute approximate surface area is 189 Å². The average molecular weight is 461 g/mol. The number of hydrogen-bond acceptors (Lipinski definition) is 4. The van der Waals surface area contributed by atoms with E-state index in [1.807, 2.05) is 6.07 Å². The highest BCUT2D eigenvalue weighted by molar-refractivity contribution is 7.89. The van der Waals surface area contributed by atoms with Gasteiger partial charge in [-0.1, -0.05) is 18.2 Å². The van der Waals surface area contributed by atoms with Gasteiger partial charge in [0, 0.05) is 31.7 Å². The predicted octanol–water partition coefficient (Wildman–Crippen LogP) is 3.25. The number of aryl methyl sites for hydroxylation is 1. The van der Waals surface area contributed by atoms with Crippen LogP contribution in [0.5, 0.6) is 0 Å². The SMILES string of the molecule is Cc1ccc(C(=O)N2CCC(Cc3cccc(F)c3)CC2)cc1S(=O)(=O)N1CCOCC1. The number of halogens is 1. The summed E-state index contributed by atoms with van der Waals surface area (Å²) in [6, 6.07) is 11.6. The van der Waals surface area contributed by atoms with Crippen molar-refractivity contribution in [3.8, 4) is 0 Å². The molecule has 4 rings (SSSR count). The smallest absolute Gasteiger partial charge is 0.253 e. The number of ether oxygens (including phenoxy) is 1. The summed E-state index contributed by atoms with van der Waals surface area (Å²) in [4.78, 5) is 15.1. The molecule has 2 aromatic carbocycles. The summed E-state index contributed by atoms with van der Waals surface area (Å²) in [6.45, 7) is 4.36. The Morgan fingerprint density at radius 2 is 1.78 bits per heavy atom. The fourth-order valence-electron chi connectivity index (χ4n) is 4.46. The molecule has 2 aliphatic heterocycles. The fourth-order valence-corrected chi connectivity index (χ4v) is 6.12. The number of piperidine rings is 1. The summed E-state index contributed by atoms with van der Waals surface area (Å²) in [7, 11) is -3.67. The molecule has 1 amide bonds. The summed E-state index contributed by atoms with van der Waals surface area (Å²) in [6.07, 6.45) is 2.48. The van der Waals surface area contributed by atoms with Gasteiger partial charge in [-0.05, 0) is 67.5 Å². The van der Waals surface area contributed by atoms with Crippen LogP contribution in [0.4, 0.5) is 4.39 Å². The van der Waals surface area contributed by atoms with E-state index in [1.54, 1.807) is 36.1 Å². The standard InChI is InChI=1S/C24H29FN2O4S/c1-18-5-6-21(17-23(18)32(29,30)27-11-13-31-14-12-27)24(28)26-9-7-19(8-10-26)15-20-3-2-4-22(25)16-20/h2-6,16-17,19H,7-15H2,1H3. The number of carbonyl (C=O) groups is 1. The Bertz CT molecular complexity index is 1080. The van der Waals surface area contributed by atoms with E-state index >= 15 is 0 Å². The van der Waals surface area contributed by atoms with Gasteiger partial charge < -0.3 is 9.64 Å². The van der Waals surface area contributed by atoms with Crippen molar-refractivity contribution in [1.82, 2.24) is 9.21 Å². The van der Waals surface area contributed by atoms with Crippen molar-refractivity contribution in [3.05, 3.63) is 65.0 Å². The van der Waals surface area contributed by atoms with Crippen LogP contribution in [0, 0.1) is 18.7 Å². The number of carbonyl (C=O) groups excluding carboxylic acids is 1. The molecule has 2 aliphatic rings. The third-order valence-electron chi connectivity index (χ3n) is 6.34. The first-order valence-electron chi connectivity index (χ1n) is 11.1. The maximum atomic E-state index is 13.4. The number of nitrogens with zero attached hydrogens (tertiary/aromatic N) is 2. The van der Waals surface area contributed by atoms with E-state index in [4.69, 9.17) is 4.74 Å². The molecule has 8 heteroatoms. The molecule has 6 nitrogen and oxygen atoms in total. The minimum Gasteiger partial charge on any atom is -0.379 e. The van der Waals surface area contributed by atoms with Crippen LogP contribution in [0.1, 0.15) is 34.3 Å². The van der Waals surface area contributed by atoms with Gasteiger partial charge in [-0.25, -0.2) is 12.8 Å². The van der Waals surface area contributed by atoms with Crippen LogP contribution >= 0.6 is 0 Å². The highest BCUT2D eigenvalue weighted by Crippen LogP contribution is 2.26. The molecule has 32 heavy (non-hydrogen) atoms. The lowest BCUT2D eigenvalue weighted by atomic mass is 9.90. The van der Waals surface area contributed by atoms with Crippen molar-refractivity contribution in [2.45, 2.75) is 31.1 Å². The molecule has 2 saturated heterocycles. The Kier molecular flexibility index (Phi) is 6.93. The Morgan fingerprint density at radius 1 is 1.06 bits per heavy atom. The number of rotatable bonds is 5. The zero-order valence-electron chi connectivity index (χ0n) is 18.3. The van der Waals surface area contributed by atoms with Crippen LogP contribution in [-0.4, -0.2) is 62.9 Å². The van der Waals surface area contributed by atoms with Crippen molar-refractivity contribution < 1.29 is 22.3 Å². The summed E-state index contributed by atoms with van der Waals surface area (Å²) >= 11 is 0. The quantitative estimate of drug-likeness (QED) is 0.687. The molecular formula is C24H29FN2O4S. The van der Waals surface area contributed by atoms with Crippen molar-refractivity contribution in [3.63, 3.8) is 0 Å². The van der Waals surface area contributed by atoms with Crippen LogP contribution < -0.4 is 0 Å². The highest BCUT2D eigenvalue weighted by Gasteiger charge is 2.30. The molecule has 0 atom stereocenters. The van der Waals surface area contributed by atoms with Gasteiger partial charge in [0.1, 0.15) is 5.82 Å². The zero-order chi connectivity index (χ0) is 22.7. The van der Waals surface area contributed by atoms with E-state index < -0.39 is 10.0 Å². The second-order valence-electron chi connectivity index (χ2n) is 8.57. The maximum Gasteiger partial charge on any atom is 0.253 e. The number of likely N-dealkylation sites (tertiary alicyclic amines) is 1. The molecule has 0 spiro atoms.